The van der Waals surface area contributed by atoms with E-state index in [9.17, 15) is 10.1 Å². The predicted octanol–water partition coefficient (Wildman–Crippen LogP) is 4.21. The Morgan fingerprint density at radius 1 is 1.29 bits per heavy atom. The van der Waals surface area contributed by atoms with Gasteiger partial charge in [0.15, 0.2) is 0 Å². The number of rotatable bonds is 4. The van der Waals surface area contributed by atoms with E-state index in [1.54, 1.807) is 12.3 Å². The highest BCUT2D eigenvalue weighted by molar-refractivity contribution is 6.36. The molecule has 2 N–H and O–H groups in total. The van der Waals surface area contributed by atoms with Gasteiger partial charge in [0.05, 0.1) is 53.0 Å². The number of anilines is 1. The third kappa shape index (κ3) is 3.57. The van der Waals surface area contributed by atoms with E-state index in [1.165, 1.54) is 6.33 Å². The van der Waals surface area contributed by atoms with E-state index in [1.807, 2.05) is 30.0 Å². The van der Waals surface area contributed by atoms with Crippen molar-refractivity contribution in [2.45, 2.75) is 37.9 Å². The summed E-state index contributed by atoms with van der Waals surface area (Å²) in [5.74, 6) is 0.405. The lowest BCUT2D eigenvalue weighted by Gasteiger charge is -2.34. The topological polar surface area (TPSA) is 120 Å². The number of morpholine rings is 1. The summed E-state index contributed by atoms with van der Waals surface area (Å²) in [7, 11) is 0. The Kier molecular flexibility index (Phi) is 5.28. The molecule has 10 heteroatoms. The fraction of sp³-hybridized carbons (Fsp3) is 0.320. The number of H-pyrrole nitrogens is 1. The molecule has 0 spiro atoms. The molecule has 3 atom stereocenters. The van der Waals surface area contributed by atoms with Crippen LogP contribution >= 0.6 is 11.6 Å². The maximum Gasteiger partial charge on any atom is 0.273 e. The van der Waals surface area contributed by atoms with Crippen LogP contribution in [0.2, 0.25) is 5.02 Å². The minimum Gasteiger partial charge on any atom is -0.377 e. The van der Waals surface area contributed by atoms with Crippen LogP contribution in [0.1, 0.15) is 47.6 Å². The standard InChI is InChI=1S/C25H22ClN7O2/c1-13(31-24-21-15(8-27)9-28-23(21)29-12-30-24)19-7-14-3-2-4-18(26)20(14)22(32-19)25(34)33-16-5-6-17(33)11-35-10-16/h2-4,7,9,12-13,16-17H,5-6,10-11H2,1H3,(H2,28,29,30,31). The van der Waals surface area contributed by atoms with Gasteiger partial charge in [0, 0.05) is 11.6 Å². The Morgan fingerprint density at radius 3 is 2.86 bits per heavy atom. The molecule has 2 aliphatic rings. The molecule has 0 radical (unpaired) electrons. The maximum atomic E-state index is 13.9. The fourth-order valence-electron chi connectivity index (χ4n) is 5.19. The lowest BCUT2D eigenvalue weighted by Crippen LogP contribution is -2.49. The number of carbonyl (C=O) groups is 1. The van der Waals surface area contributed by atoms with E-state index in [2.05, 4.69) is 26.3 Å². The molecule has 176 valence electrons. The summed E-state index contributed by atoms with van der Waals surface area (Å²) in [6, 6.07) is 9.50. The number of benzene rings is 1. The number of ether oxygens (including phenoxy) is 1. The molecule has 5 heterocycles. The van der Waals surface area contributed by atoms with Gasteiger partial charge in [-0.15, -0.1) is 0 Å². The van der Waals surface area contributed by atoms with Gasteiger partial charge in [0.1, 0.15) is 29.6 Å². The van der Waals surface area contributed by atoms with E-state index in [0.29, 0.717) is 57.4 Å². The van der Waals surface area contributed by atoms with Gasteiger partial charge in [-0.05, 0) is 37.3 Å². The zero-order valence-electron chi connectivity index (χ0n) is 19.0. The Hall–Kier alpha value is -3.74. The van der Waals surface area contributed by atoms with Crippen molar-refractivity contribution in [2.24, 2.45) is 0 Å². The van der Waals surface area contributed by atoms with E-state index < -0.39 is 0 Å². The number of pyridine rings is 1. The number of nitrogens with one attached hydrogen (secondary N) is 2. The molecule has 1 aromatic carbocycles. The van der Waals surface area contributed by atoms with Crippen molar-refractivity contribution >= 4 is 45.1 Å². The summed E-state index contributed by atoms with van der Waals surface area (Å²) < 4.78 is 5.67. The Balaban J connectivity index is 1.42. The molecule has 2 saturated heterocycles. The van der Waals surface area contributed by atoms with Gasteiger partial charge >= 0.3 is 0 Å². The molecule has 4 aromatic rings. The number of amides is 1. The second kappa shape index (κ2) is 8.48. The average Bonchev–Trinajstić information content (AvgIpc) is 3.40. The van der Waals surface area contributed by atoms with E-state index in [4.69, 9.17) is 21.3 Å². The fourth-order valence-corrected chi connectivity index (χ4v) is 5.46. The summed E-state index contributed by atoms with van der Waals surface area (Å²) in [4.78, 5) is 32.2. The van der Waals surface area contributed by atoms with Gasteiger partial charge in [-0.2, -0.15) is 5.26 Å². The Labute approximate surface area is 206 Å². The molecule has 2 bridgehead atoms. The highest BCUT2D eigenvalue weighted by atomic mass is 35.5. The quantitative estimate of drug-likeness (QED) is 0.442. The number of aromatic nitrogens is 4. The van der Waals surface area contributed by atoms with Gasteiger partial charge in [0.2, 0.25) is 0 Å². The van der Waals surface area contributed by atoms with Gasteiger partial charge in [0.25, 0.3) is 5.91 Å². The van der Waals surface area contributed by atoms with E-state index >= 15 is 0 Å². The van der Waals surface area contributed by atoms with Crippen molar-refractivity contribution in [3.8, 4) is 6.07 Å². The summed E-state index contributed by atoms with van der Waals surface area (Å²) in [5.41, 5.74) is 2.04. The van der Waals surface area contributed by atoms with Crippen molar-refractivity contribution in [2.75, 3.05) is 18.5 Å². The van der Waals surface area contributed by atoms with Gasteiger partial charge < -0.3 is 19.9 Å². The molecule has 6 rings (SSSR count). The number of hydrogen-bond acceptors (Lipinski definition) is 7. The van der Waals surface area contributed by atoms with E-state index in [-0.39, 0.29) is 24.0 Å². The molecular weight excluding hydrogens is 466 g/mol. The van der Waals surface area contributed by atoms with Crippen LogP contribution in [-0.4, -0.2) is 56.0 Å². The molecule has 9 nitrogen and oxygen atoms in total. The number of halogens is 1. The Bertz CT molecular complexity index is 1500. The minimum atomic E-state index is -0.314. The van der Waals surface area contributed by atoms with Crippen LogP contribution in [0.15, 0.2) is 36.8 Å². The number of fused-ring (bicyclic) bond motifs is 4. The number of nitriles is 1. The first-order valence-corrected chi connectivity index (χ1v) is 11.9. The largest absolute Gasteiger partial charge is 0.377 e. The lowest BCUT2D eigenvalue weighted by atomic mass is 10.0. The summed E-state index contributed by atoms with van der Waals surface area (Å²) in [6.45, 7) is 3.04. The normalized spacial score (nSPS) is 20.2. The summed E-state index contributed by atoms with van der Waals surface area (Å²) >= 11 is 6.58. The smallest absolute Gasteiger partial charge is 0.273 e. The van der Waals surface area contributed by atoms with Gasteiger partial charge in [-0.25, -0.2) is 15.0 Å². The zero-order chi connectivity index (χ0) is 24.1. The third-order valence-corrected chi connectivity index (χ3v) is 7.21. The molecular formula is C25H22ClN7O2. The molecule has 0 aliphatic carbocycles. The highest BCUT2D eigenvalue weighted by Gasteiger charge is 2.41. The Morgan fingerprint density at radius 2 is 2.09 bits per heavy atom. The molecule has 2 fully saturated rings. The van der Waals surface area contributed by atoms with E-state index in [0.717, 1.165) is 18.2 Å². The third-order valence-electron chi connectivity index (χ3n) is 6.89. The number of hydrogen-bond donors (Lipinski definition) is 2. The monoisotopic (exact) mass is 487 g/mol. The SMILES string of the molecule is CC(Nc1ncnc2[nH]cc(C#N)c12)c1cc2cccc(Cl)c2c(C(=O)N2C3CCC2COC3)n1. The van der Waals surface area contributed by atoms with Crippen LogP contribution in [0.3, 0.4) is 0 Å². The van der Waals surface area contributed by atoms with Crippen molar-refractivity contribution < 1.29 is 9.53 Å². The molecule has 3 aromatic heterocycles. The first kappa shape index (κ1) is 21.8. The molecule has 1 amide bonds. The van der Waals surface area contributed by atoms with Crippen molar-refractivity contribution in [1.29, 1.82) is 5.26 Å². The van der Waals surface area contributed by atoms with Crippen molar-refractivity contribution in [1.82, 2.24) is 24.8 Å². The second-order valence-corrected chi connectivity index (χ2v) is 9.40. The van der Waals surface area contributed by atoms with Gasteiger partial charge in [-0.1, -0.05) is 23.7 Å². The van der Waals surface area contributed by atoms with Crippen molar-refractivity contribution in [3.63, 3.8) is 0 Å². The van der Waals surface area contributed by atoms with Crippen LogP contribution in [0, 0.1) is 11.3 Å². The van der Waals surface area contributed by atoms with Crippen LogP contribution in [0.5, 0.6) is 0 Å². The van der Waals surface area contributed by atoms with Crippen LogP contribution in [0.25, 0.3) is 21.8 Å². The van der Waals surface area contributed by atoms with Crippen LogP contribution < -0.4 is 5.32 Å². The lowest BCUT2D eigenvalue weighted by molar-refractivity contribution is -0.00736. The second-order valence-electron chi connectivity index (χ2n) is 8.99. The molecule has 0 saturated carbocycles. The van der Waals surface area contributed by atoms with Crippen molar-refractivity contribution in [3.05, 3.63) is 58.8 Å². The van der Waals surface area contributed by atoms with Crippen LogP contribution in [-0.2, 0) is 4.74 Å². The first-order valence-electron chi connectivity index (χ1n) is 11.5. The maximum absolute atomic E-state index is 13.9. The summed E-state index contributed by atoms with van der Waals surface area (Å²) in [6.07, 6.45) is 4.91. The number of nitrogens with zero attached hydrogens (tertiary/aromatic N) is 5. The number of aromatic amines is 1. The average molecular weight is 488 g/mol. The number of carbonyl (C=O) groups excluding carboxylic acids is 1. The van der Waals surface area contributed by atoms with Crippen LogP contribution in [0.4, 0.5) is 5.82 Å². The molecule has 2 aliphatic heterocycles. The molecule has 35 heavy (non-hydrogen) atoms. The van der Waals surface area contributed by atoms with Gasteiger partial charge in [-0.3, -0.25) is 4.79 Å². The molecule has 3 unspecified atom stereocenters. The first-order chi connectivity index (χ1) is 17.0. The predicted molar refractivity (Wildman–Crippen MR) is 131 cm³/mol. The zero-order valence-corrected chi connectivity index (χ0v) is 19.7. The summed E-state index contributed by atoms with van der Waals surface area (Å²) in [5, 5.41) is 15.4. The highest BCUT2D eigenvalue weighted by Crippen LogP contribution is 2.35. The minimum absolute atomic E-state index is 0.0621.